The highest BCUT2D eigenvalue weighted by atomic mass is 16.2. The van der Waals surface area contributed by atoms with Gasteiger partial charge in [0.1, 0.15) is 0 Å². The summed E-state index contributed by atoms with van der Waals surface area (Å²) in [7, 11) is 0. The third-order valence-corrected chi connectivity index (χ3v) is 4.73. The molecule has 3 aromatic rings. The summed E-state index contributed by atoms with van der Waals surface area (Å²) in [5.74, 6) is -0.328. The van der Waals surface area contributed by atoms with Crippen LogP contribution in [0, 0.1) is 0 Å². The Kier molecular flexibility index (Phi) is 5.91. The number of H-pyrrole nitrogens is 1. The zero-order valence-electron chi connectivity index (χ0n) is 15.7. The number of benzene rings is 2. The molecular formula is C22H25N3O2. The van der Waals surface area contributed by atoms with Gasteiger partial charge in [-0.3, -0.25) is 9.59 Å². The molecule has 1 atom stereocenters. The summed E-state index contributed by atoms with van der Waals surface area (Å²) in [5.41, 5.74) is 3.26. The van der Waals surface area contributed by atoms with Gasteiger partial charge >= 0.3 is 0 Å². The van der Waals surface area contributed by atoms with Crippen molar-refractivity contribution in [1.82, 2.24) is 15.6 Å². The second-order valence-corrected chi connectivity index (χ2v) is 6.73. The maximum absolute atomic E-state index is 12.4. The zero-order chi connectivity index (χ0) is 19.2. The van der Waals surface area contributed by atoms with E-state index in [1.54, 1.807) is 24.3 Å². The number of hydrogen-bond donors (Lipinski definition) is 3. The maximum Gasteiger partial charge on any atom is 0.251 e. The van der Waals surface area contributed by atoms with Crippen LogP contribution in [0.1, 0.15) is 46.5 Å². The number of para-hydroxylation sites is 1. The Hall–Kier alpha value is -3.08. The van der Waals surface area contributed by atoms with Gasteiger partial charge in [-0.05, 0) is 49.6 Å². The second-order valence-electron chi connectivity index (χ2n) is 6.73. The van der Waals surface area contributed by atoms with Crippen molar-refractivity contribution in [2.24, 2.45) is 0 Å². The van der Waals surface area contributed by atoms with Crippen molar-refractivity contribution in [3.8, 4) is 0 Å². The highest BCUT2D eigenvalue weighted by Gasteiger charge is 2.12. The first kappa shape index (κ1) is 18.7. The minimum absolute atomic E-state index is 0.103. The summed E-state index contributed by atoms with van der Waals surface area (Å²) in [6.45, 7) is 4.51. The summed E-state index contributed by atoms with van der Waals surface area (Å²) in [5, 5.41) is 7.03. The monoisotopic (exact) mass is 363 g/mol. The Balaban J connectivity index is 1.59. The van der Waals surface area contributed by atoms with E-state index in [2.05, 4.69) is 21.7 Å². The summed E-state index contributed by atoms with van der Waals surface area (Å²) < 4.78 is 0. The van der Waals surface area contributed by atoms with Crippen LogP contribution in [0.25, 0.3) is 10.9 Å². The molecule has 0 saturated heterocycles. The molecule has 140 valence electrons. The van der Waals surface area contributed by atoms with Gasteiger partial charge in [-0.25, -0.2) is 0 Å². The third kappa shape index (κ3) is 4.56. The first-order valence-electron chi connectivity index (χ1n) is 9.32. The molecule has 3 rings (SSSR count). The minimum atomic E-state index is -0.173. The number of carbonyl (C=O) groups excluding carboxylic acids is 2. The van der Waals surface area contributed by atoms with E-state index in [0.29, 0.717) is 17.7 Å². The van der Waals surface area contributed by atoms with Gasteiger partial charge in [0.25, 0.3) is 11.8 Å². The van der Waals surface area contributed by atoms with Crippen LogP contribution >= 0.6 is 0 Å². The van der Waals surface area contributed by atoms with Crippen LogP contribution in [-0.4, -0.2) is 29.4 Å². The summed E-state index contributed by atoms with van der Waals surface area (Å²) in [4.78, 5) is 27.9. The number of amides is 2. The van der Waals surface area contributed by atoms with Gasteiger partial charge in [0.2, 0.25) is 0 Å². The Bertz CT molecular complexity index is 945. The lowest BCUT2D eigenvalue weighted by Crippen LogP contribution is -2.32. The molecule has 1 unspecified atom stereocenters. The van der Waals surface area contributed by atoms with E-state index in [4.69, 9.17) is 0 Å². The van der Waals surface area contributed by atoms with Crippen LogP contribution in [0.5, 0.6) is 0 Å². The summed E-state index contributed by atoms with van der Waals surface area (Å²) in [6, 6.07) is 15.0. The Morgan fingerprint density at radius 2 is 1.78 bits per heavy atom. The molecule has 27 heavy (non-hydrogen) atoms. The number of carbonyl (C=O) groups is 2. The van der Waals surface area contributed by atoms with Crippen LogP contribution < -0.4 is 10.6 Å². The van der Waals surface area contributed by atoms with Crippen LogP contribution in [0.4, 0.5) is 0 Å². The average molecular weight is 363 g/mol. The van der Waals surface area contributed by atoms with Crippen LogP contribution in [0.15, 0.2) is 54.7 Å². The lowest BCUT2D eigenvalue weighted by atomic mass is 10.1. The molecule has 2 amide bonds. The standard InChI is InChI=1S/C22H25N3O2/c1-3-15(2)25-22(27)17-8-6-7-16(13-17)21(26)23-12-11-18-14-24-20-10-5-4-9-19(18)20/h4-10,13-15,24H,3,11-12H2,1-2H3,(H,23,26)(H,25,27). The van der Waals surface area contributed by atoms with Gasteiger partial charge in [-0.1, -0.05) is 31.2 Å². The van der Waals surface area contributed by atoms with Crippen molar-refractivity contribution in [3.05, 3.63) is 71.4 Å². The lowest BCUT2D eigenvalue weighted by molar-refractivity contribution is 0.0939. The van der Waals surface area contributed by atoms with E-state index < -0.39 is 0 Å². The highest BCUT2D eigenvalue weighted by Crippen LogP contribution is 2.17. The Morgan fingerprint density at radius 3 is 2.56 bits per heavy atom. The molecule has 0 bridgehead atoms. The van der Waals surface area contributed by atoms with Crippen molar-refractivity contribution in [3.63, 3.8) is 0 Å². The van der Waals surface area contributed by atoms with Crippen LogP contribution in [-0.2, 0) is 6.42 Å². The number of nitrogens with one attached hydrogen (secondary N) is 3. The van der Waals surface area contributed by atoms with Gasteiger partial charge in [0.15, 0.2) is 0 Å². The van der Waals surface area contributed by atoms with E-state index in [1.807, 2.05) is 38.2 Å². The Labute approximate surface area is 159 Å². The number of fused-ring (bicyclic) bond motifs is 1. The molecule has 0 fully saturated rings. The fraction of sp³-hybridized carbons (Fsp3) is 0.273. The zero-order valence-corrected chi connectivity index (χ0v) is 15.7. The van der Waals surface area contributed by atoms with E-state index in [0.717, 1.165) is 18.4 Å². The predicted molar refractivity (Wildman–Crippen MR) is 108 cm³/mol. The van der Waals surface area contributed by atoms with E-state index in [-0.39, 0.29) is 17.9 Å². The minimum Gasteiger partial charge on any atom is -0.361 e. The second kappa shape index (κ2) is 8.54. The fourth-order valence-electron chi connectivity index (χ4n) is 2.96. The van der Waals surface area contributed by atoms with Crippen molar-refractivity contribution in [1.29, 1.82) is 0 Å². The third-order valence-electron chi connectivity index (χ3n) is 4.73. The van der Waals surface area contributed by atoms with E-state index in [1.165, 1.54) is 10.9 Å². The number of hydrogen-bond acceptors (Lipinski definition) is 2. The molecule has 0 saturated carbocycles. The first-order chi connectivity index (χ1) is 13.1. The molecular weight excluding hydrogens is 338 g/mol. The first-order valence-corrected chi connectivity index (χ1v) is 9.32. The molecule has 0 aliphatic carbocycles. The number of aromatic amines is 1. The van der Waals surface area contributed by atoms with Crippen molar-refractivity contribution < 1.29 is 9.59 Å². The van der Waals surface area contributed by atoms with Gasteiger partial charge in [-0.15, -0.1) is 0 Å². The molecule has 0 aliphatic heterocycles. The highest BCUT2D eigenvalue weighted by molar-refractivity contribution is 5.99. The summed E-state index contributed by atoms with van der Waals surface area (Å²) in [6.07, 6.45) is 3.58. The molecule has 0 spiro atoms. The molecule has 0 radical (unpaired) electrons. The average Bonchev–Trinajstić information content (AvgIpc) is 3.11. The molecule has 1 heterocycles. The van der Waals surface area contributed by atoms with Crippen molar-refractivity contribution in [2.45, 2.75) is 32.7 Å². The maximum atomic E-state index is 12.4. The predicted octanol–water partition coefficient (Wildman–Crippen LogP) is 3.67. The molecule has 2 aromatic carbocycles. The molecule has 3 N–H and O–H groups in total. The molecule has 5 heteroatoms. The normalized spacial score (nSPS) is 11.9. The topological polar surface area (TPSA) is 74.0 Å². The smallest absolute Gasteiger partial charge is 0.251 e. The van der Waals surface area contributed by atoms with Crippen molar-refractivity contribution in [2.75, 3.05) is 6.54 Å². The Morgan fingerprint density at radius 1 is 1.04 bits per heavy atom. The SMILES string of the molecule is CCC(C)NC(=O)c1cccc(C(=O)NCCc2c[nH]c3ccccc23)c1. The van der Waals surface area contributed by atoms with Gasteiger partial charge in [-0.2, -0.15) is 0 Å². The fourth-order valence-corrected chi connectivity index (χ4v) is 2.96. The van der Waals surface area contributed by atoms with Crippen molar-refractivity contribution >= 4 is 22.7 Å². The molecule has 5 nitrogen and oxygen atoms in total. The lowest BCUT2D eigenvalue weighted by Gasteiger charge is -2.12. The van der Waals surface area contributed by atoms with Crippen LogP contribution in [0.3, 0.4) is 0 Å². The number of rotatable bonds is 7. The quantitative estimate of drug-likeness (QED) is 0.599. The molecule has 0 aliphatic rings. The van der Waals surface area contributed by atoms with Crippen LogP contribution in [0.2, 0.25) is 0 Å². The van der Waals surface area contributed by atoms with E-state index >= 15 is 0 Å². The van der Waals surface area contributed by atoms with E-state index in [9.17, 15) is 9.59 Å². The summed E-state index contributed by atoms with van der Waals surface area (Å²) >= 11 is 0. The molecule has 1 aromatic heterocycles. The van der Waals surface area contributed by atoms with Gasteiger partial charge < -0.3 is 15.6 Å². The largest absolute Gasteiger partial charge is 0.361 e. The van der Waals surface area contributed by atoms with Gasteiger partial charge in [0.05, 0.1) is 0 Å². The number of aromatic nitrogens is 1. The van der Waals surface area contributed by atoms with Gasteiger partial charge in [0, 0.05) is 40.8 Å².